The molecule has 0 aliphatic heterocycles. The molecule has 0 radical (unpaired) electrons. The predicted molar refractivity (Wildman–Crippen MR) is 105 cm³/mol. The second kappa shape index (κ2) is 10.2. The molecule has 0 saturated carbocycles. The van der Waals surface area contributed by atoms with Gasteiger partial charge < -0.3 is 20.7 Å². The Labute approximate surface area is 159 Å². The Morgan fingerprint density at radius 2 is 1.89 bits per heavy atom. The topological polar surface area (TPSA) is 92.3 Å². The van der Waals surface area contributed by atoms with E-state index in [-0.39, 0.29) is 18.0 Å². The Morgan fingerprint density at radius 1 is 1.15 bits per heavy atom. The van der Waals surface area contributed by atoms with Gasteiger partial charge in [-0.05, 0) is 37.6 Å². The van der Waals surface area contributed by atoms with Crippen LogP contribution in [0.1, 0.15) is 44.4 Å². The van der Waals surface area contributed by atoms with Crippen molar-refractivity contribution in [2.24, 2.45) is 0 Å². The lowest BCUT2D eigenvalue weighted by Crippen LogP contribution is -2.36. The molecule has 0 fully saturated rings. The van der Waals surface area contributed by atoms with Crippen LogP contribution in [0.25, 0.3) is 0 Å². The van der Waals surface area contributed by atoms with Crippen LogP contribution < -0.4 is 20.7 Å². The molecule has 2 aromatic rings. The van der Waals surface area contributed by atoms with Crippen molar-refractivity contribution < 1.29 is 14.3 Å². The van der Waals surface area contributed by atoms with Gasteiger partial charge in [0.15, 0.2) is 0 Å². The van der Waals surface area contributed by atoms with Crippen LogP contribution in [-0.4, -0.2) is 23.5 Å². The van der Waals surface area contributed by atoms with E-state index in [9.17, 15) is 9.59 Å². The Balaban J connectivity index is 1.87. The van der Waals surface area contributed by atoms with Gasteiger partial charge in [0.2, 0.25) is 11.8 Å². The van der Waals surface area contributed by atoms with E-state index < -0.39 is 0 Å². The minimum Gasteiger partial charge on any atom is -0.478 e. The number of urea groups is 1. The highest BCUT2D eigenvalue weighted by molar-refractivity contribution is 5.90. The highest BCUT2D eigenvalue weighted by Crippen LogP contribution is 2.17. The highest BCUT2D eigenvalue weighted by Gasteiger charge is 2.11. The zero-order valence-corrected chi connectivity index (χ0v) is 15.9. The molecule has 0 aliphatic carbocycles. The number of aromatic nitrogens is 1. The molecule has 2 rings (SSSR count). The summed E-state index contributed by atoms with van der Waals surface area (Å²) in [5, 5.41) is 8.50. The molecule has 0 aliphatic rings. The number of amides is 3. The molecular formula is C20H26N4O3. The first-order valence-corrected chi connectivity index (χ1v) is 9.04. The molecule has 27 heavy (non-hydrogen) atoms. The molecule has 3 N–H and O–H groups in total. The van der Waals surface area contributed by atoms with E-state index >= 15 is 0 Å². The zero-order chi connectivity index (χ0) is 19.6. The van der Waals surface area contributed by atoms with Crippen molar-refractivity contribution in [3.05, 3.63) is 53.7 Å². The first-order chi connectivity index (χ1) is 13.0. The molecule has 0 saturated heterocycles. The van der Waals surface area contributed by atoms with E-state index in [1.54, 1.807) is 19.2 Å². The van der Waals surface area contributed by atoms with Gasteiger partial charge in [-0.1, -0.05) is 25.1 Å². The van der Waals surface area contributed by atoms with Crippen molar-refractivity contribution in [1.29, 1.82) is 0 Å². The summed E-state index contributed by atoms with van der Waals surface area (Å²) in [6.07, 6.45) is 2.09. The van der Waals surface area contributed by atoms with E-state index in [0.717, 1.165) is 16.8 Å². The third-order valence-electron chi connectivity index (χ3n) is 3.93. The Hall–Kier alpha value is -3.09. The van der Waals surface area contributed by atoms with Crippen LogP contribution >= 0.6 is 0 Å². The first-order valence-electron chi connectivity index (χ1n) is 9.04. The maximum absolute atomic E-state index is 12.2. The van der Waals surface area contributed by atoms with Crippen molar-refractivity contribution >= 4 is 17.6 Å². The van der Waals surface area contributed by atoms with E-state index in [4.69, 9.17) is 4.74 Å². The smallest absolute Gasteiger partial charge is 0.315 e. The van der Waals surface area contributed by atoms with Crippen LogP contribution in [0.3, 0.4) is 0 Å². The minimum atomic E-state index is -0.280. The molecule has 7 nitrogen and oxygen atoms in total. The molecule has 1 atom stereocenters. The van der Waals surface area contributed by atoms with E-state index in [0.29, 0.717) is 25.5 Å². The molecule has 1 unspecified atom stereocenters. The second-order valence-corrected chi connectivity index (χ2v) is 5.97. The normalized spacial score (nSPS) is 11.4. The lowest BCUT2D eigenvalue weighted by molar-refractivity contribution is -0.115. The quantitative estimate of drug-likeness (QED) is 0.664. The first kappa shape index (κ1) is 20.2. The van der Waals surface area contributed by atoms with Crippen molar-refractivity contribution in [2.75, 3.05) is 11.9 Å². The maximum atomic E-state index is 12.2. The van der Waals surface area contributed by atoms with Gasteiger partial charge in [0, 0.05) is 30.4 Å². The predicted octanol–water partition coefficient (Wildman–Crippen LogP) is 3.39. The standard InChI is InChI=1S/C20H26N4O3/c1-4-18(25)24-17-10-8-15(9-11-17)14(3)23-20(26)22-13-16-7-6-12-21-19(16)27-5-2/h6-12,14H,4-5,13H2,1-3H3,(H,24,25)(H2,22,23,26). The monoisotopic (exact) mass is 370 g/mol. The van der Waals surface area contributed by atoms with Crippen molar-refractivity contribution in [1.82, 2.24) is 15.6 Å². The molecule has 1 aromatic heterocycles. The molecule has 0 spiro atoms. The van der Waals surface area contributed by atoms with E-state index in [2.05, 4.69) is 20.9 Å². The van der Waals surface area contributed by atoms with Crippen LogP contribution in [0.4, 0.5) is 10.5 Å². The van der Waals surface area contributed by atoms with Gasteiger partial charge in [-0.3, -0.25) is 4.79 Å². The Bertz CT molecular complexity index is 762. The van der Waals surface area contributed by atoms with Gasteiger partial charge >= 0.3 is 6.03 Å². The lowest BCUT2D eigenvalue weighted by Gasteiger charge is -2.16. The van der Waals surface area contributed by atoms with Gasteiger partial charge in [-0.2, -0.15) is 0 Å². The number of benzene rings is 1. The number of anilines is 1. The minimum absolute atomic E-state index is 0.0323. The molecule has 0 bridgehead atoms. The Kier molecular flexibility index (Phi) is 7.61. The molecular weight excluding hydrogens is 344 g/mol. The van der Waals surface area contributed by atoms with Gasteiger partial charge in [0.1, 0.15) is 0 Å². The van der Waals surface area contributed by atoms with E-state index in [1.807, 2.05) is 44.2 Å². The number of rotatable bonds is 8. The number of pyridine rings is 1. The number of carbonyl (C=O) groups is 2. The number of nitrogens with one attached hydrogen (secondary N) is 3. The molecule has 1 heterocycles. The molecule has 7 heteroatoms. The average molecular weight is 370 g/mol. The molecule has 1 aromatic carbocycles. The number of nitrogens with zero attached hydrogens (tertiary/aromatic N) is 1. The summed E-state index contributed by atoms with van der Waals surface area (Å²) in [7, 11) is 0. The number of ether oxygens (including phenoxy) is 1. The van der Waals surface area contributed by atoms with Gasteiger partial charge in [-0.15, -0.1) is 0 Å². The van der Waals surface area contributed by atoms with Crippen LogP contribution in [0, 0.1) is 0 Å². The molecule has 3 amide bonds. The van der Waals surface area contributed by atoms with Gasteiger partial charge in [0.25, 0.3) is 0 Å². The van der Waals surface area contributed by atoms with Crippen LogP contribution in [0.5, 0.6) is 5.88 Å². The fourth-order valence-electron chi connectivity index (χ4n) is 2.44. The van der Waals surface area contributed by atoms with Crippen molar-refractivity contribution in [3.63, 3.8) is 0 Å². The fraction of sp³-hybridized carbons (Fsp3) is 0.350. The van der Waals surface area contributed by atoms with Crippen molar-refractivity contribution in [2.45, 2.75) is 39.8 Å². The number of carbonyl (C=O) groups excluding carboxylic acids is 2. The third-order valence-corrected chi connectivity index (χ3v) is 3.93. The van der Waals surface area contributed by atoms with Crippen LogP contribution in [0.15, 0.2) is 42.6 Å². The fourth-order valence-corrected chi connectivity index (χ4v) is 2.44. The van der Waals surface area contributed by atoms with E-state index in [1.165, 1.54) is 0 Å². The summed E-state index contributed by atoms with van der Waals surface area (Å²) in [5.74, 6) is 0.494. The molecule has 144 valence electrons. The summed E-state index contributed by atoms with van der Waals surface area (Å²) in [4.78, 5) is 27.8. The average Bonchev–Trinajstić information content (AvgIpc) is 2.68. The zero-order valence-electron chi connectivity index (χ0n) is 15.9. The van der Waals surface area contributed by atoms with Crippen LogP contribution in [-0.2, 0) is 11.3 Å². The SMILES string of the molecule is CCOc1ncccc1CNC(=O)NC(C)c1ccc(NC(=O)CC)cc1. The summed E-state index contributed by atoms with van der Waals surface area (Å²) >= 11 is 0. The largest absolute Gasteiger partial charge is 0.478 e. The van der Waals surface area contributed by atoms with Gasteiger partial charge in [-0.25, -0.2) is 9.78 Å². The maximum Gasteiger partial charge on any atom is 0.315 e. The number of hydrogen-bond donors (Lipinski definition) is 3. The Morgan fingerprint density at radius 3 is 2.56 bits per heavy atom. The summed E-state index contributed by atoms with van der Waals surface area (Å²) < 4.78 is 5.45. The number of hydrogen-bond acceptors (Lipinski definition) is 4. The summed E-state index contributed by atoms with van der Waals surface area (Å²) in [5.41, 5.74) is 2.50. The second-order valence-electron chi connectivity index (χ2n) is 5.97. The van der Waals surface area contributed by atoms with Gasteiger partial charge in [0.05, 0.1) is 12.6 Å². The highest BCUT2D eigenvalue weighted by atomic mass is 16.5. The lowest BCUT2D eigenvalue weighted by atomic mass is 10.1. The van der Waals surface area contributed by atoms with Crippen LogP contribution in [0.2, 0.25) is 0 Å². The van der Waals surface area contributed by atoms with Crippen molar-refractivity contribution in [3.8, 4) is 5.88 Å². The summed E-state index contributed by atoms with van der Waals surface area (Å²) in [6, 6.07) is 10.6. The summed E-state index contributed by atoms with van der Waals surface area (Å²) in [6.45, 7) is 6.43. The third kappa shape index (κ3) is 6.29.